The van der Waals surface area contributed by atoms with Crippen molar-refractivity contribution >= 4 is 40.1 Å². The van der Waals surface area contributed by atoms with Gasteiger partial charge in [0.25, 0.3) is 0 Å². The number of rotatable bonds is 4. The number of anilines is 1. The van der Waals surface area contributed by atoms with Crippen LogP contribution in [-0.4, -0.2) is 22.2 Å². The molecule has 0 aliphatic carbocycles. The summed E-state index contributed by atoms with van der Waals surface area (Å²) in [7, 11) is 0. The Labute approximate surface area is 163 Å². The van der Waals surface area contributed by atoms with Crippen molar-refractivity contribution < 1.29 is 9.59 Å². The van der Waals surface area contributed by atoms with Gasteiger partial charge in [0, 0.05) is 12.1 Å². The van der Waals surface area contributed by atoms with Crippen LogP contribution in [0.2, 0.25) is 0 Å². The minimum absolute atomic E-state index is 0.107. The fourth-order valence-electron chi connectivity index (χ4n) is 3.00. The van der Waals surface area contributed by atoms with Crippen LogP contribution in [0.5, 0.6) is 0 Å². The van der Waals surface area contributed by atoms with Gasteiger partial charge in [-0.25, -0.2) is 4.99 Å². The summed E-state index contributed by atoms with van der Waals surface area (Å²) in [5.41, 5.74) is 5.88. The van der Waals surface area contributed by atoms with E-state index in [9.17, 15) is 9.59 Å². The van der Waals surface area contributed by atoms with E-state index in [1.165, 1.54) is 11.8 Å². The predicted molar refractivity (Wildman–Crippen MR) is 112 cm³/mol. The zero-order chi connectivity index (χ0) is 19.6. The van der Waals surface area contributed by atoms with Crippen molar-refractivity contribution in [3.05, 3.63) is 58.7 Å². The van der Waals surface area contributed by atoms with E-state index >= 15 is 0 Å². The molecule has 0 bridgehead atoms. The Kier molecular flexibility index (Phi) is 5.65. The Balaban J connectivity index is 1.67. The third kappa shape index (κ3) is 4.57. The van der Waals surface area contributed by atoms with E-state index in [4.69, 9.17) is 0 Å². The first kappa shape index (κ1) is 19.2. The van der Waals surface area contributed by atoms with Gasteiger partial charge < -0.3 is 10.6 Å². The van der Waals surface area contributed by atoms with E-state index in [2.05, 4.69) is 15.6 Å². The van der Waals surface area contributed by atoms with Gasteiger partial charge >= 0.3 is 0 Å². The van der Waals surface area contributed by atoms with Gasteiger partial charge in [-0.1, -0.05) is 47.7 Å². The number of amides is 2. The summed E-state index contributed by atoms with van der Waals surface area (Å²) in [4.78, 5) is 29.2. The van der Waals surface area contributed by atoms with Crippen molar-refractivity contribution in [2.45, 2.75) is 39.4 Å². The Bertz CT molecular complexity index is 917. The lowest BCUT2D eigenvalue weighted by atomic mass is 10.1. The van der Waals surface area contributed by atoms with Gasteiger partial charge in [0.1, 0.15) is 5.25 Å². The second-order valence-corrected chi connectivity index (χ2v) is 8.02. The molecule has 0 unspecified atom stereocenters. The largest absolute Gasteiger partial charge is 0.326 e. The Hall–Kier alpha value is -2.60. The van der Waals surface area contributed by atoms with E-state index in [0.717, 1.165) is 33.6 Å². The molecule has 0 aromatic heterocycles. The summed E-state index contributed by atoms with van der Waals surface area (Å²) in [5, 5.41) is 5.75. The fourth-order valence-corrected chi connectivity index (χ4v) is 3.97. The molecule has 0 spiro atoms. The second kappa shape index (κ2) is 7.96. The molecule has 2 N–H and O–H groups in total. The van der Waals surface area contributed by atoms with Gasteiger partial charge in [0.15, 0.2) is 5.17 Å². The first-order valence-electron chi connectivity index (χ1n) is 8.83. The summed E-state index contributed by atoms with van der Waals surface area (Å²) in [6.07, 6.45) is 0.107. The van der Waals surface area contributed by atoms with Crippen LogP contribution in [0.3, 0.4) is 0 Å². The third-order valence-corrected chi connectivity index (χ3v) is 5.54. The van der Waals surface area contributed by atoms with E-state index in [0.29, 0.717) is 5.17 Å². The minimum Gasteiger partial charge on any atom is -0.326 e. The Morgan fingerprint density at radius 1 is 1.11 bits per heavy atom. The molecular formula is C21H23N3O2S. The number of thioether (sulfide) groups is 1. The molecule has 27 heavy (non-hydrogen) atoms. The number of benzene rings is 2. The van der Waals surface area contributed by atoms with Crippen molar-refractivity contribution in [1.82, 2.24) is 5.32 Å². The average molecular weight is 382 g/mol. The molecule has 0 saturated carbocycles. The Morgan fingerprint density at radius 3 is 2.48 bits per heavy atom. The maximum atomic E-state index is 12.4. The second-order valence-electron chi connectivity index (χ2n) is 6.82. The first-order chi connectivity index (χ1) is 12.8. The summed E-state index contributed by atoms with van der Waals surface area (Å²) >= 11 is 1.31. The monoisotopic (exact) mass is 381 g/mol. The van der Waals surface area contributed by atoms with Crippen LogP contribution < -0.4 is 10.6 Å². The van der Waals surface area contributed by atoms with Crippen LogP contribution in [0.4, 0.5) is 11.4 Å². The summed E-state index contributed by atoms with van der Waals surface area (Å²) < 4.78 is 0. The van der Waals surface area contributed by atoms with E-state index in [-0.39, 0.29) is 18.2 Å². The molecule has 1 aliphatic rings. The molecule has 2 aromatic rings. The van der Waals surface area contributed by atoms with Gasteiger partial charge in [-0.05, 0) is 50.5 Å². The van der Waals surface area contributed by atoms with Crippen molar-refractivity contribution in [2.24, 2.45) is 4.99 Å². The standard InChI is InChI=1S/C21H23N3O2S/c1-12-8-9-16(15(4)10-12)22-18(25)11-17-20(26)24-21(27-17)23-19-13(2)6-5-7-14(19)3/h5-10,17H,11H2,1-4H3,(H,22,25)(H,23,24,26)/t17-/m0/s1. The summed E-state index contributed by atoms with van der Waals surface area (Å²) in [5.74, 6) is -0.358. The zero-order valence-electron chi connectivity index (χ0n) is 15.9. The van der Waals surface area contributed by atoms with Crippen molar-refractivity contribution in [3.8, 4) is 0 Å². The molecule has 2 aromatic carbocycles. The smallest absolute Gasteiger partial charge is 0.240 e. The van der Waals surface area contributed by atoms with Crippen molar-refractivity contribution in [3.63, 3.8) is 0 Å². The van der Waals surface area contributed by atoms with Gasteiger partial charge in [0.2, 0.25) is 11.8 Å². The van der Waals surface area contributed by atoms with Crippen LogP contribution in [0, 0.1) is 27.7 Å². The lowest BCUT2D eigenvalue weighted by Gasteiger charge is -2.10. The molecule has 2 amide bonds. The molecule has 1 aliphatic heterocycles. The fraction of sp³-hybridized carbons (Fsp3) is 0.286. The van der Waals surface area contributed by atoms with Crippen LogP contribution in [0.25, 0.3) is 0 Å². The quantitative estimate of drug-likeness (QED) is 0.835. The molecule has 0 radical (unpaired) electrons. The molecule has 1 fully saturated rings. The first-order valence-corrected chi connectivity index (χ1v) is 9.71. The lowest BCUT2D eigenvalue weighted by molar-refractivity contribution is -0.122. The molecule has 140 valence electrons. The van der Waals surface area contributed by atoms with Crippen molar-refractivity contribution in [1.29, 1.82) is 0 Å². The number of aryl methyl sites for hydroxylation is 4. The maximum Gasteiger partial charge on any atom is 0.240 e. The number of hydrogen-bond donors (Lipinski definition) is 2. The number of para-hydroxylation sites is 1. The third-order valence-electron chi connectivity index (χ3n) is 4.46. The summed E-state index contributed by atoms with van der Waals surface area (Å²) in [6.45, 7) is 7.94. The topological polar surface area (TPSA) is 70.6 Å². The highest BCUT2D eigenvalue weighted by molar-refractivity contribution is 8.15. The maximum absolute atomic E-state index is 12.4. The zero-order valence-corrected chi connectivity index (χ0v) is 16.7. The number of nitrogens with one attached hydrogen (secondary N) is 2. The average Bonchev–Trinajstić information content (AvgIpc) is 2.93. The SMILES string of the molecule is Cc1ccc(NC(=O)C[C@@H]2SC(=Nc3c(C)cccc3C)NC2=O)c(C)c1. The molecule has 5 nitrogen and oxygen atoms in total. The minimum atomic E-state index is -0.473. The van der Waals surface area contributed by atoms with E-state index < -0.39 is 5.25 Å². The number of nitrogens with zero attached hydrogens (tertiary/aromatic N) is 1. The molecular weight excluding hydrogens is 358 g/mol. The van der Waals surface area contributed by atoms with Gasteiger partial charge in [-0.2, -0.15) is 0 Å². The summed E-state index contributed by atoms with van der Waals surface area (Å²) in [6, 6.07) is 11.8. The highest BCUT2D eigenvalue weighted by atomic mass is 32.2. The van der Waals surface area contributed by atoms with Crippen LogP contribution in [-0.2, 0) is 9.59 Å². The van der Waals surface area contributed by atoms with Gasteiger partial charge in [-0.3, -0.25) is 9.59 Å². The number of carbonyl (C=O) groups excluding carboxylic acids is 2. The Morgan fingerprint density at radius 2 is 1.81 bits per heavy atom. The molecule has 1 heterocycles. The lowest BCUT2D eigenvalue weighted by Crippen LogP contribution is -2.28. The van der Waals surface area contributed by atoms with Crippen molar-refractivity contribution in [2.75, 3.05) is 5.32 Å². The normalized spacial score (nSPS) is 17.9. The van der Waals surface area contributed by atoms with Crippen LogP contribution in [0.15, 0.2) is 41.4 Å². The molecule has 3 rings (SSSR count). The van der Waals surface area contributed by atoms with Gasteiger partial charge in [-0.15, -0.1) is 0 Å². The molecule has 1 atom stereocenters. The number of carbonyl (C=O) groups is 2. The number of hydrogen-bond acceptors (Lipinski definition) is 4. The highest BCUT2D eigenvalue weighted by Gasteiger charge is 2.32. The molecule has 1 saturated heterocycles. The van der Waals surface area contributed by atoms with Crippen LogP contribution >= 0.6 is 11.8 Å². The van der Waals surface area contributed by atoms with E-state index in [1.807, 2.05) is 64.1 Å². The number of amidine groups is 1. The number of aliphatic imine (C=N–C) groups is 1. The highest BCUT2D eigenvalue weighted by Crippen LogP contribution is 2.29. The van der Waals surface area contributed by atoms with E-state index in [1.54, 1.807) is 0 Å². The predicted octanol–water partition coefficient (Wildman–Crippen LogP) is 4.17. The van der Waals surface area contributed by atoms with Crippen LogP contribution in [0.1, 0.15) is 28.7 Å². The molecule has 6 heteroatoms. The van der Waals surface area contributed by atoms with Gasteiger partial charge in [0.05, 0.1) is 5.69 Å².